The molecule has 2 fully saturated rings. The number of aliphatic hydroxyl groups excluding tert-OH is 1. The summed E-state index contributed by atoms with van der Waals surface area (Å²) in [6.45, 7) is 5.18. The molecular formula is C37H43F6N4O4S-. The zero-order chi connectivity index (χ0) is 37.4. The third kappa shape index (κ3) is 8.73. The number of pyridine rings is 1. The molecule has 52 heavy (non-hydrogen) atoms. The van der Waals surface area contributed by atoms with Crippen LogP contribution in [-0.4, -0.2) is 60.2 Å². The van der Waals surface area contributed by atoms with Crippen molar-refractivity contribution in [2.45, 2.75) is 108 Å². The fourth-order valence-electron chi connectivity index (χ4n) is 7.98. The Morgan fingerprint density at radius 1 is 1.02 bits per heavy atom. The summed E-state index contributed by atoms with van der Waals surface area (Å²) >= 11 is -2.15. The Balaban J connectivity index is 1.35. The van der Waals surface area contributed by atoms with Gasteiger partial charge >= 0.3 is 6.18 Å². The van der Waals surface area contributed by atoms with E-state index in [4.69, 9.17) is 9.72 Å². The van der Waals surface area contributed by atoms with Gasteiger partial charge in [-0.05, 0) is 79.5 Å². The Hall–Kier alpha value is -3.30. The van der Waals surface area contributed by atoms with Gasteiger partial charge in [-0.3, -0.25) is 9.19 Å². The number of anilines is 1. The number of aromatic nitrogens is 3. The average Bonchev–Trinajstić information content (AvgIpc) is 3.08. The smallest absolute Gasteiger partial charge is 0.416 e. The van der Waals surface area contributed by atoms with Crippen molar-refractivity contribution in [2.75, 3.05) is 30.3 Å². The van der Waals surface area contributed by atoms with Gasteiger partial charge in [0, 0.05) is 54.4 Å². The summed E-state index contributed by atoms with van der Waals surface area (Å²) in [5.74, 6) is -2.78. The molecule has 284 valence electrons. The fourth-order valence-corrected chi connectivity index (χ4v) is 8.34. The molecule has 3 heterocycles. The van der Waals surface area contributed by atoms with Crippen molar-refractivity contribution in [2.24, 2.45) is 5.41 Å². The zero-order valence-corrected chi connectivity index (χ0v) is 29.9. The molecule has 2 aliphatic carbocycles. The van der Waals surface area contributed by atoms with Gasteiger partial charge in [0.05, 0.1) is 36.4 Å². The maximum absolute atomic E-state index is 17.2. The van der Waals surface area contributed by atoms with Gasteiger partial charge in [0.1, 0.15) is 0 Å². The molecule has 3 atom stereocenters. The van der Waals surface area contributed by atoms with Crippen LogP contribution >= 0.6 is 0 Å². The van der Waals surface area contributed by atoms with Crippen LogP contribution in [-0.2, 0) is 23.7 Å². The first-order valence-corrected chi connectivity index (χ1v) is 18.9. The summed E-state index contributed by atoms with van der Waals surface area (Å²) in [5.41, 5.74) is 1.01. The second-order valence-electron chi connectivity index (χ2n) is 15.0. The molecule has 0 spiro atoms. The number of hydrogen-bond acceptors (Lipinski definition) is 8. The monoisotopic (exact) mass is 753 g/mol. The number of aliphatic hydroxyl groups is 1. The highest BCUT2D eigenvalue weighted by Gasteiger charge is 2.44. The van der Waals surface area contributed by atoms with Crippen molar-refractivity contribution >= 4 is 17.0 Å². The lowest BCUT2D eigenvalue weighted by Crippen LogP contribution is -2.36. The predicted octanol–water partition coefficient (Wildman–Crippen LogP) is 8.28. The molecule has 0 radical (unpaired) electrons. The third-order valence-electron chi connectivity index (χ3n) is 10.6. The number of ether oxygens (including phenoxy) is 1. The fraction of sp³-hybridized carbons (Fsp3) is 0.595. The number of nitrogens with zero attached hydrogens (tertiary/aromatic N) is 4. The number of hydrogen-bond donors (Lipinski definition) is 1. The lowest BCUT2D eigenvalue weighted by Gasteiger charge is -2.41. The summed E-state index contributed by atoms with van der Waals surface area (Å²) in [5, 5.41) is 11.6. The first kappa shape index (κ1) is 38.4. The van der Waals surface area contributed by atoms with Crippen LogP contribution in [0.5, 0.6) is 5.75 Å². The number of benzene rings is 1. The Morgan fingerprint density at radius 3 is 2.25 bits per heavy atom. The highest BCUT2D eigenvalue weighted by atomic mass is 32.2. The molecule has 3 unspecified atom stereocenters. The van der Waals surface area contributed by atoms with Crippen molar-refractivity contribution in [3.05, 3.63) is 75.9 Å². The van der Waals surface area contributed by atoms with Crippen LogP contribution in [0.15, 0.2) is 36.7 Å². The second kappa shape index (κ2) is 15.2. The Morgan fingerprint density at radius 2 is 1.65 bits per heavy atom. The molecule has 1 aliphatic heterocycles. The number of piperidine rings is 1. The van der Waals surface area contributed by atoms with Crippen LogP contribution in [0.25, 0.3) is 0 Å². The summed E-state index contributed by atoms with van der Waals surface area (Å²) < 4.78 is 114. The minimum Gasteiger partial charge on any atom is -0.772 e. The molecular weight excluding hydrogens is 710 g/mol. The van der Waals surface area contributed by atoms with E-state index in [1.165, 1.54) is 12.4 Å². The van der Waals surface area contributed by atoms with Crippen molar-refractivity contribution in [1.29, 1.82) is 0 Å². The Bertz CT molecular complexity index is 1720. The molecule has 0 bridgehead atoms. The first-order valence-electron chi connectivity index (χ1n) is 17.7. The van der Waals surface area contributed by atoms with Crippen LogP contribution in [0.4, 0.5) is 32.3 Å². The highest BCUT2D eigenvalue weighted by molar-refractivity contribution is 7.79. The Kier molecular flexibility index (Phi) is 11.2. The van der Waals surface area contributed by atoms with E-state index < -0.39 is 46.9 Å². The maximum Gasteiger partial charge on any atom is 0.416 e. The van der Waals surface area contributed by atoms with Gasteiger partial charge < -0.3 is 19.3 Å². The van der Waals surface area contributed by atoms with Gasteiger partial charge in [-0.25, -0.2) is 23.1 Å². The van der Waals surface area contributed by atoms with E-state index in [-0.39, 0.29) is 60.5 Å². The summed E-state index contributed by atoms with van der Waals surface area (Å²) in [6, 6.07) is 3.92. The van der Waals surface area contributed by atoms with Gasteiger partial charge in [0.25, 0.3) is 0 Å². The lowest BCUT2D eigenvalue weighted by molar-refractivity contribution is -0.137. The molecule has 1 saturated carbocycles. The summed E-state index contributed by atoms with van der Waals surface area (Å²) in [6.07, 6.45) is -2.87. The SMILES string of the molecule is CC1(C)Cc2nc(C3CCN(c4ncc(OCCCS(=O)[O-])cn4)CC3)c(C(F)c3ccc(C(F)(F)F)cc3)c(C3CCC(F)(F)CC3)c2C(O)C1. The standard InChI is InChI=1S/C37H44F6N4O4S/c1-35(2)18-27-30(28(48)19-35)29(22-8-12-36(39,40)13-9-22)31(32(38)23-4-6-25(7-5-23)37(41,42)43)33(46-27)24-10-14-47(15-11-24)34-44-20-26(21-45-34)51-16-3-17-52(49)50/h4-7,20-22,24,28,32,48H,3,8-19H2,1-2H3,(H,49,50)/p-1. The molecule has 1 N–H and O–H groups in total. The van der Waals surface area contributed by atoms with Gasteiger partial charge in [-0.2, -0.15) is 13.2 Å². The molecule has 3 aliphatic rings. The van der Waals surface area contributed by atoms with Gasteiger partial charge in [-0.15, -0.1) is 0 Å². The minimum absolute atomic E-state index is 0.00143. The van der Waals surface area contributed by atoms with E-state index in [9.17, 15) is 35.8 Å². The number of alkyl halides is 6. The molecule has 2 aromatic heterocycles. The van der Waals surface area contributed by atoms with Gasteiger partial charge in [-0.1, -0.05) is 37.1 Å². The third-order valence-corrected chi connectivity index (χ3v) is 11.2. The molecule has 6 rings (SSSR count). The van der Waals surface area contributed by atoms with Crippen molar-refractivity contribution in [1.82, 2.24) is 15.0 Å². The topological polar surface area (TPSA) is 112 Å². The predicted molar refractivity (Wildman–Crippen MR) is 182 cm³/mol. The Labute approximate surface area is 301 Å². The van der Waals surface area contributed by atoms with Crippen molar-refractivity contribution in [3.8, 4) is 5.75 Å². The largest absolute Gasteiger partial charge is 0.772 e. The summed E-state index contributed by atoms with van der Waals surface area (Å²) in [7, 11) is 0. The molecule has 15 heteroatoms. The molecule has 1 aromatic carbocycles. The van der Waals surface area contributed by atoms with Crippen molar-refractivity contribution in [3.63, 3.8) is 0 Å². The van der Waals surface area contributed by atoms with E-state index in [0.717, 1.165) is 24.3 Å². The average molecular weight is 754 g/mol. The zero-order valence-electron chi connectivity index (χ0n) is 29.1. The van der Waals surface area contributed by atoms with Crippen LogP contribution < -0.4 is 9.64 Å². The molecule has 8 nitrogen and oxygen atoms in total. The van der Waals surface area contributed by atoms with Crippen molar-refractivity contribution < 1.29 is 44.9 Å². The van der Waals surface area contributed by atoms with Gasteiger partial charge in [0.2, 0.25) is 11.9 Å². The first-order chi connectivity index (χ1) is 24.5. The van der Waals surface area contributed by atoms with Crippen LogP contribution in [0.1, 0.15) is 129 Å². The molecule has 3 aromatic rings. The maximum atomic E-state index is 17.2. The quantitative estimate of drug-likeness (QED) is 0.125. The van der Waals surface area contributed by atoms with Crippen LogP contribution in [0, 0.1) is 5.41 Å². The second-order valence-corrected chi connectivity index (χ2v) is 16.1. The van der Waals surface area contributed by atoms with E-state index in [1.807, 2.05) is 18.7 Å². The van der Waals surface area contributed by atoms with Crippen LogP contribution in [0.3, 0.4) is 0 Å². The molecule has 1 saturated heterocycles. The number of fused-ring (bicyclic) bond motifs is 1. The van der Waals surface area contributed by atoms with Crippen LogP contribution in [0.2, 0.25) is 0 Å². The summed E-state index contributed by atoms with van der Waals surface area (Å²) in [4.78, 5) is 15.9. The van der Waals surface area contributed by atoms with E-state index >= 15 is 4.39 Å². The lowest BCUT2D eigenvalue weighted by atomic mass is 9.68. The van der Waals surface area contributed by atoms with E-state index in [0.29, 0.717) is 79.4 Å². The van der Waals surface area contributed by atoms with Gasteiger partial charge in [0.15, 0.2) is 11.9 Å². The van der Waals surface area contributed by atoms with E-state index in [1.54, 1.807) is 0 Å². The normalized spacial score (nSPS) is 22.1. The van der Waals surface area contributed by atoms with E-state index in [2.05, 4.69) is 9.97 Å². The highest BCUT2D eigenvalue weighted by Crippen LogP contribution is 2.52. The minimum atomic E-state index is -4.61. The molecule has 0 amide bonds. The number of halogens is 6. The number of rotatable bonds is 10.